The highest BCUT2D eigenvalue weighted by atomic mass is 19.4. The van der Waals surface area contributed by atoms with Crippen molar-refractivity contribution in [3.8, 4) is 5.75 Å². The molecule has 9 heteroatoms. The second kappa shape index (κ2) is 10.5. The number of guanidine groups is 1. The normalized spacial score (nSPS) is 11.9. The highest BCUT2D eigenvalue weighted by molar-refractivity contribution is 5.79. The quantitative estimate of drug-likeness (QED) is 0.421. The number of nitrogens with one attached hydrogen (secondary N) is 2. The van der Waals surface area contributed by atoms with Crippen molar-refractivity contribution < 1.29 is 17.9 Å². The maximum atomic E-state index is 12.2. The zero-order valence-corrected chi connectivity index (χ0v) is 17.1. The molecule has 0 fully saturated rings. The van der Waals surface area contributed by atoms with Crippen molar-refractivity contribution in [2.24, 2.45) is 4.99 Å². The van der Waals surface area contributed by atoms with Gasteiger partial charge >= 0.3 is 6.18 Å². The average Bonchev–Trinajstić information content (AvgIpc) is 3.27. The van der Waals surface area contributed by atoms with E-state index in [-0.39, 0.29) is 5.75 Å². The third kappa shape index (κ3) is 7.36. The third-order valence-electron chi connectivity index (χ3n) is 4.47. The second-order valence-electron chi connectivity index (χ2n) is 6.80. The van der Waals surface area contributed by atoms with Crippen LogP contribution >= 0.6 is 0 Å². The Kier molecular flexibility index (Phi) is 7.53. The van der Waals surface area contributed by atoms with Crippen LogP contribution in [-0.2, 0) is 19.6 Å². The van der Waals surface area contributed by atoms with Crippen LogP contribution in [0.2, 0.25) is 0 Å². The zero-order chi connectivity index (χ0) is 22.1. The number of benzene rings is 2. The van der Waals surface area contributed by atoms with Crippen LogP contribution in [0.5, 0.6) is 5.75 Å². The molecule has 0 amide bonds. The SMILES string of the molecule is CN=C(NCc1ccc(OCC(F)(F)F)cc1)NCc1ccccc1Cn1cccn1. The van der Waals surface area contributed by atoms with E-state index in [1.54, 1.807) is 25.4 Å². The first kappa shape index (κ1) is 22.2. The first-order chi connectivity index (χ1) is 14.9. The molecule has 0 unspecified atom stereocenters. The number of aromatic nitrogens is 2. The van der Waals surface area contributed by atoms with E-state index >= 15 is 0 Å². The molecule has 1 heterocycles. The largest absolute Gasteiger partial charge is 0.484 e. The van der Waals surface area contributed by atoms with Gasteiger partial charge in [-0.2, -0.15) is 18.3 Å². The topological polar surface area (TPSA) is 63.5 Å². The monoisotopic (exact) mass is 431 g/mol. The maximum absolute atomic E-state index is 12.2. The van der Waals surface area contributed by atoms with E-state index in [9.17, 15) is 13.2 Å². The summed E-state index contributed by atoms with van der Waals surface area (Å²) in [5, 5.41) is 10.7. The highest BCUT2D eigenvalue weighted by Gasteiger charge is 2.28. The lowest BCUT2D eigenvalue weighted by atomic mass is 10.1. The molecule has 0 atom stereocenters. The van der Waals surface area contributed by atoms with Crippen LogP contribution in [0.25, 0.3) is 0 Å². The van der Waals surface area contributed by atoms with E-state index in [1.165, 1.54) is 12.1 Å². The van der Waals surface area contributed by atoms with Gasteiger partial charge in [-0.1, -0.05) is 36.4 Å². The van der Waals surface area contributed by atoms with E-state index in [0.717, 1.165) is 16.7 Å². The summed E-state index contributed by atoms with van der Waals surface area (Å²) in [5.74, 6) is 0.795. The molecule has 0 spiro atoms. The standard InChI is InChI=1S/C22H24F3N5O/c1-26-21(27-13-17-7-9-20(10-8-17)31-16-22(23,24)25)28-14-18-5-2-3-6-19(18)15-30-12-4-11-29-30/h2-12H,13-16H2,1H3,(H2,26,27,28). The number of hydrogen-bond acceptors (Lipinski definition) is 3. The van der Waals surface area contributed by atoms with E-state index in [0.29, 0.717) is 25.6 Å². The number of halogens is 3. The minimum Gasteiger partial charge on any atom is -0.484 e. The number of alkyl halides is 3. The van der Waals surface area contributed by atoms with Crippen molar-refractivity contribution in [1.29, 1.82) is 0 Å². The molecule has 0 radical (unpaired) electrons. The van der Waals surface area contributed by atoms with Gasteiger partial charge in [-0.15, -0.1) is 0 Å². The summed E-state index contributed by atoms with van der Waals surface area (Å²) in [7, 11) is 1.68. The Hall–Kier alpha value is -3.49. The molecular formula is C22H24F3N5O. The number of ether oxygens (including phenoxy) is 1. The Bertz CT molecular complexity index is 970. The first-order valence-electron chi connectivity index (χ1n) is 9.70. The van der Waals surface area contributed by atoms with Crippen molar-refractivity contribution in [2.75, 3.05) is 13.7 Å². The molecule has 0 saturated carbocycles. The van der Waals surface area contributed by atoms with Crippen molar-refractivity contribution >= 4 is 5.96 Å². The predicted octanol–water partition coefficient (Wildman–Crippen LogP) is 3.74. The van der Waals surface area contributed by atoms with Crippen LogP contribution in [0.1, 0.15) is 16.7 Å². The second-order valence-corrected chi connectivity index (χ2v) is 6.80. The van der Waals surface area contributed by atoms with Crippen molar-refractivity contribution in [3.63, 3.8) is 0 Å². The fourth-order valence-electron chi connectivity index (χ4n) is 2.91. The smallest absolute Gasteiger partial charge is 0.422 e. The van der Waals surface area contributed by atoms with Gasteiger partial charge in [0.2, 0.25) is 0 Å². The lowest BCUT2D eigenvalue weighted by Crippen LogP contribution is -2.36. The van der Waals surface area contributed by atoms with E-state index in [2.05, 4.69) is 32.9 Å². The van der Waals surface area contributed by atoms with E-state index in [1.807, 2.05) is 29.1 Å². The molecule has 1 aromatic heterocycles. The lowest BCUT2D eigenvalue weighted by Gasteiger charge is -2.15. The van der Waals surface area contributed by atoms with Gasteiger partial charge in [-0.25, -0.2) is 0 Å². The summed E-state index contributed by atoms with van der Waals surface area (Å²) in [5.41, 5.74) is 3.18. The summed E-state index contributed by atoms with van der Waals surface area (Å²) in [4.78, 5) is 4.22. The summed E-state index contributed by atoms with van der Waals surface area (Å²) >= 11 is 0. The molecule has 0 bridgehead atoms. The van der Waals surface area contributed by atoms with E-state index < -0.39 is 12.8 Å². The molecular weight excluding hydrogens is 407 g/mol. The number of rotatable bonds is 8. The van der Waals surface area contributed by atoms with E-state index in [4.69, 9.17) is 4.74 Å². The number of hydrogen-bond donors (Lipinski definition) is 2. The molecule has 6 nitrogen and oxygen atoms in total. The Labute approximate surface area is 178 Å². The molecule has 2 N–H and O–H groups in total. The number of nitrogens with zero attached hydrogens (tertiary/aromatic N) is 3. The Morgan fingerprint density at radius 3 is 2.35 bits per heavy atom. The minimum absolute atomic E-state index is 0.178. The summed E-state index contributed by atoms with van der Waals surface area (Å²) < 4.78 is 43.3. The molecule has 0 aliphatic heterocycles. The van der Waals surface area contributed by atoms with Crippen LogP contribution in [0.4, 0.5) is 13.2 Å². The maximum Gasteiger partial charge on any atom is 0.422 e. The van der Waals surface area contributed by atoms with Gasteiger partial charge in [-0.3, -0.25) is 9.67 Å². The summed E-state index contributed by atoms with van der Waals surface area (Å²) in [6.45, 7) is 0.429. The molecule has 0 aliphatic rings. The predicted molar refractivity (Wildman–Crippen MR) is 113 cm³/mol. The van der Waals surface area contributed by atoms with Gasteiger partial charge < -0.3 is 15.4 Å². The van der Waals surface area contributed by atoms with Gasteiger partial charge in [-0.05, 0) is 34.9 Å². The first-order valence-corrected chi connectivity index (χ1v) is 9.70. The fourth-order valence-corrected chi connectivity index (χ4v) is 2.91. The zero-order valence-electron chi connectivity index (χ0n) is 17.1. The van der Waals surface area contributed by atoms with Gasteiger partial charge in [0.15, 0.2) is 12.6 Å². The van der Waals surface area contributed by atoms with Crippen molar-refractivity contribution in [1.82, 2.24) is 20.4 Å². The minimum atomic E-state index is -4.35. The molecule has 164 valence electrons. The van der Waals surface area contributed by atoms with Gasteiger partial charge in [0.25, 0.3) is 0 Å². The number of aliphatic imine (C=N–C) groups is 1. The lowest BCUT2D eigenvalue weighted by molar-refractivity contribution is -0.153. The molecule has 3 aromatic rings. The van der Waals surface area contributed by atoms with Gasteiger partial charge in [0.05, 0.1) is 6.54 Å². The average molecular weight is 431 g/mol. The van der Waals surface area contributed by atoms with Crippen LogP contribution in [0.15, 0.2) is 72.0 Å². The Morgan fingerprint density at radius 1 is 1.00 bits per heavy atom. The Morgan fingerprint density at radius 2 is 1.71 bits per heavy atom. The molecule has 0 aliphatic carbocycles. The van der Waals surface area contributed by atoms with Gasteiger partial charge in [0.1, 0.15) is 5.75 Å². The summed E-state index contributed by atoms with van der Waals surface area (Å²) in [6, 6.07) is 16.5. The molecule has 0 saturated heterocycles. The van der Waals surface area contributed by atoms with Crippen molar-refractivity contribution in [3.05, 3.63) is 83.7 Å². The molecule has 3 rings (SSSR count). The highest BCUT2D eigenvalue weighted by Crippen LogP contribution is 2.18. The Balaban J connectivity index is 1.50. The van der Waals surface area contributed by atoms with Crippen molar-refractivity contribution in [2.45, 2.75) is 25.8 Å². The van der Waals surface area contributed by atoms with Gasteiger partial charge in [0, 0.05) is 32.5 Å². The van der Waals surface area contributed by atoms with Crippen LogP contribution in [0, 0.1) is 0 Å². The fraction of sp³-hybridized carbons (Fsp3) is 0.273. The van der Waals surface area contributed by atoms with Crippen LogP contribution < -0.4 is 15.4 Å². The summed E-state index contributed by atoms with van der Waals surface area (Å²) in [6.07, 6.45) is -0.679. The molecule has 2 aromatic carbocycles. The third-order valence-corrected chi connectivity index (χ3v) is 4.47. The van der Waals surface area contributed by atoms with Crippen LogP contribution in [-0.4, -0.2) is 35.6 Å². The van der Waals surface area contributed by atoms with Crippen LogP contribution in [0.3, 0.4) is 0 Å². The molecule has 31 heavy (non-hydrogen) atoms.